The fraction of sp³-hybridized carbons (Fsp3) is 0.500. The highest BCUT2D eigenvalue weighted by molar-refractivity contribution is 6.07. The molecule has 246 valence electrons. The summed E-state index contributed by atoms with van der Waals surface area (Å²) in [5.41, 5.74) is 5.20. The van der Waals surface area contributed by atoms with E-state index in [4.69, 9.17) is 0 Å². The highest BCUT2D eigenvalue weighted by atomic mass is 19.1. The Labute approximate surface area is 270 Å². The van der Waals surface area contributed by atoms with Crippen molar-refractivity contribution in [2.75, 3.05) is 85.6 Å². The van der Waals surface area contributed by atoms with E-state index in [0.717, 1.165) is 71.4 Å². The molecule has 2 aromatic carbocycles. The van der Waals surface area contributed by atoms with Gasteiger partial charge in [-0.1, -0.05) is 30.3 Å². The number of nitrogens with zero attached hydrogens (tertiary/aromatic N) is 6. The van der Waals surface area contributed by atoms with Crippen molar-refractivity contribution < 1.29 is 23.6 Å². The van der Waals surface area contributed by atoms with Crippen molar-refractivity contribution in [2.24, 2.45) is 11.0 Å². The van der Waals surface area contributed by atoms with Crippen molar-refractivity contribution in [3.63, 3.8) is 0 Å². The van der Waals surface area contributed by atoms with Gasteiger partial charge in [0.05, 0.1) is 17.8 Å². The van der Waals surface area contributed by atoms with Crippen molar-refractivity contribution >= 4 is 30.2 Å². The molecule has 1 N–H and O–H groups in total. The second-order valence-electron chi connectivity index (χ2n) is 12.3. The van der Waals surface area contributed by atoms with Crippen molar-refractivity contribution in [3.05, 3.63) is 70.5 Å². The zero-order chi connectivity index (χ0) is 32.5. The van der Waals surface area contributed by atoms with Crippen LogP contribution in [0.3, 0.4) is 0 Å². The molecule has 0 saturated carbocycles. The number of carbonyl (C=O) groups excluding carboxylic acids is 4. The number of hydrazone groups is 1. The summed E-state index contributed by atoms with van der Waals surface area (Å²) < 4.78 is 14.9. The van der Waals surface area contributed by atoms with Crippen LogP contribution in [0.4, 0.5) is 4.39 Å². The first kappa shape index (κ1) is 33.2. The smallest absolute Gasteiger partial charge is 0.256 e. The normalized spacial score (nSPS) is 18.8. The van der Waals surface area contributed by atoms with Crippen molar-refractivity contribution in [1.82, 2.24) is 29.9 Å². The lowest BCUT2D eigenvalue weighted by Crippen LogP contribution is -2.55. The van der Waals surface area contributed by atoms with Gasteiger partial charge in [-0.3, -0.25) is 24.1 Å². The summed E-state index contributed by atoms with van der Waals surface area (Å²) in [5.74, 6) is -0.324. The Bertz CT molecular complexity index is 1410. The number of benzene rings is 2. The maximum atomic E-state index is 14.9. The first-order valence-corrected chi connectivity index (χ1v) is 16.2. The summed E-state index contributed by atoms with van der Waals surface area (Å²) in [4.78, 5) is 59.0. The van der Waals surface area contributed by atoms with Gasteiger partial charge in [-0.15, -0.1) is 0 Å². The average Bonchev–Trinajstić information content (AvgIpc) is 3.09. The number of hydrogen-bond acceptors (Lipinski definition) is 8. The molecular weight excluding hydrogens is 589 g/mol. The summed E-state index contributed by atoms with van der Waals surface area (Å²) in [6.07, 6.45) is 4.11. The molecule has 0 bridgehead atoms. The van der Waals surface area contributed by atoms with E-state index in [0.29, 0.717) is 67.5 Å². The molecule has 3 aliphatic rings. The monoisotopic (exact) mass is 633 g/mol. The Hall–Kier alpha value is -4.16. The Morgan fingerprint density at radius 3 is 2.22 bits per heavy atom. The number of rotatable bonds is 11. The standard InChI is InChI=1S/C34H44FN7O4/c1-36-37-32(29-5-3-2-4-28(29)24-43)21-27-6-7-31(35)30(20-27)34(46)42-18-16-41(17-19-42)33(45)23-39-14-12-38(13-15-39)22-26-8-10-40(25-44)11-9-26/h2-7,20,24-26,36H,8-19,21-23H2,1H3/b37-32-. The van der Waals surface area contributed by atoms with E-state index in [1.54, 1.807) is 47.2 Å². The number of aldehydes is 1. The van der Waals surface area contributed by atoms with Crippen LogP contribution in [0, 0.1) is 11.7 Å². The molecule has 3 saturated heterocycles. The molecule has 3 heterocycles. The van der Waals surface area contributed by atoms with E-state index in [-0.39, 0.29) is 11.5 Å². The maximum Gasteiger partial charge on any atom is 0.256 e. The zero-order valence-corrected chi connectivity index (χ0v) is 26.6. The molecule has 0 aromatic heterocycles. The minimum Gasteiger partial charge on any atom is -0.345 e. The van der Waals surface area contributed by atoms with Crippen molar-refractivity contribution in [1.29, 1.82) is 0 Å². The van der Waals surface area contributed by atoms with E-state index in [9.17, 15) is 23.6 Å². The molecule has 0 unspecified atom stereocenters. The highest BCUT2D eigenvalue weighted by Crippen LogP contribution is 2.20. The summed E-state index contributed by atoms with van der Waals surface area (Å²) in [6.45, 7) is 8.13. The number of piperazine rings is 2. The molecule has 3 amide bonds. The Kier molecular flexibility index (Phi) is 11.5. The van der Waals surface area contributed by atoms with Gasteiger partial charge < -0.3 is 25.0 Å². The molecule has 3 fully saturated rings. The third-order valence-electron chi connectivity index (χ3n) is 9.34. The quantitative estimate of drug-likeness (QED) is 0.228. The lowest BCUT2D eigenvalue weighted by Gasteiger charge is -2.39. The molecule has 3 aliphatic heterocycles. The molecule has 2 aromatic rings. The van der Waals surface area contributed by atoms with Crippen LogP contribution in [-0.4, -0.2) is 140 Å². The lowest BCUT2D eigenvalue weighted by atomic mass is 9.96. The van der Waals surface area contributed by atoms with Crippen LogP contribution < -0.4 is 5.43 Å². The lowest BCUT2D eigenvalue weighted by molar-refractivity contribution is -0.134. The van der Waals surface area contributed by atoms with Crippen molar-refractivity contribution in [3.8, 4) is 0 Å². The van der Waals surface area contributed by atoms with Gasteiger partial charge in [0.15, 0.2) is 6.29 Å². The van der Waals surface area contributed by atoms with Gasteiger partial charge >= 0.3 is 0 Å². The maximum absolute atomic E-state index is 14.9. The number of piperidine rings is 1. The molecule has 0 aliphatic carbocycles. The van der Waals surface area contributed by atoms with E-state index in [1.165, 1.54) is 6.07 Å². The topological polar surface area (TPSA) is 109 Å². The van der Waals surface area contributed by atoms with Gasteiger partial charge in [-0.2, -0.15) is 5.10 Å². The van der Waals surface area contributed by atoms with E-state index < -0.39 is 11.7 Å². The Balaban J connectivity index is 1.10. The Morgan fingerprint density at radius 2 is 1.54 bits per heavy atom. The Morgan fingerprint density at radius 1 is 0.870 bits per heavy atom. The van der Waals surface area contributed by atoms with Gasteiger partial charge in [-0.25, -0.2) is 4.39 Å². The van der Waals surface area contributed by atoms with Gasteiger partial charge in [0.25, 0.3) is 5.91 Å². The molecule has 46 heavy (non-hydrogen) atoms. The molecule has 5 rings (SSSR count). The van der Waals surface area contributed by atoms with E-state index in [2.05, 4.69) is 20.3 Å². The van der Waals surface area contributed by atoms with Crippen LogP contribution in [0.25, 0.3) is 0 Å². The summed E-state index contributed by atoms with van der Waals surface area (Å²) in [6, 6.07) is 11.6. The van der Waals surface area contributed by atoms with Gasteiger partial charge in [0.2, 0.25) is 12.3 Å². The predicted octanol–water partition coefficient (Wildman–Crippen LogP) is 1.57. The third-order valence-corrected chi connectivity index (χ3v) is 9.34. The van der Waals surface area contributed by atoms with Crippen molar-refractivity contribution in [2.45, 2.75) is 19.3 Å². The SMILES string of the molecule is CN/N=C(/Cc1ccc(F)c(C(=O)N2CCN(C(=O)CN3CCN(CC4CCN(C=O)CC4)CC3)CC2)c1)c1ccccc1C=O. The van der Waals surface area contributed by atoms with E-state index >= 15 is 0 Å². The number of carbonyl (C=O) groups is 4. The van der Waals surface area contributed by atoms with Gasteiger partial charge in [0, 0.05) is 96.6 Å². The first-order valence-electron chi connectivity index (χ1n) is 16.2. The average molecular weight is 634 g/mol. The molecular formula is C34H44FN7O4. The fourth-order valence-corrected chi connectivity index (χ4v) is 6.59. The second-order valence-corrected chi connectivity index (χ2v) is 12.3. The first-order chi connectivity index (χ1) is 22.4. The number of nitrogens with one attached hydrogen (secondary N) is 1. The molecule has 12 heteroatoms. The third kappa shape index (κ3) is 8.35. The highest BCUT2D eigenvalue weighted by Gasteiger charge is 2.29. The van der Waals surface area contributed by atoms with Crippen LogP contribution >= 0.6 is 0 Å². The van der Waals surface area contributed by atoms with Gasteiger partial charge in [0.1, 0.15) is 5.82 Å². The summed E-state index contributed by atoms with van der Waals surface area (Å²) >= 11 is 0. The number of likely N-dealkylation sites (tertiary alicyclic amines) is 1. The molecule has 11 nitrogen and oxygen atoms in total. The van der Waals surface area contributed by atoms with E-state index in [1.807, 2.05) is 11.0 Å². The van der Waals surface area contributed by atoms with Crippen LogP contribution in [-0.2, 0) is 16.0 Å². The zero-order valence-electron chi connectivity index (χ0n) is 26.6. The minimum atomic E-state index is -0.599. The number of amides is 3. The summed E-state index contributed by atoms with van der Waals surface area (Å²) in [5, 5.41) is 4.35. The largest absolute Gasteiger partial charge is 0.345 e. The number of halogens is 1. The second kappa shape index (κ2) is 15.9. The van der Waals surface area contributed by atoms with Crippen LogP contribution in [0.2, 0.25) is 0 Å². The predicted molar refractivity (Wildman–Crippen MR) is 173 cm³/mol. The van der Waals surface area contributed by atoms with Crippen LogP contribution in [0.1, 0.15) is 44.7 Å². The molecule has 0 radical (unpaired) electrons. The molecule has 0 spiro atoms. The van der Waals surface area contributed by atoms with Crippen LogP contribution in [0.5, 0.6) is 0 Å². The number of hydrogen-bond donors (Lipinski definition) is 1. The van der Waals surface area contributed by atoms with Gasteiger partial charge in [-0.05, 0) is 36.5 Å². The molecule has 0 atom stereocenters. The van der Waals surface area contributed by atoms with Crippen LogP contribution in [0.15, 0.2) is 47.6 Å². The minimum absolute atomic E-state index is 0.0167. The fourth-order valence-electron chi connectivity index (χ4n) is 6.59. The summed E-state index contributed by atoms with van der Waals surface area (Å²) in [7, 11) is 1.66.